The second-order valence-electron chi connectivity index (χ2n) is 8.03. The third-order valence-corrected chi connectivity index (χ3v) is 4.78. The fourth-order valence-electron chi connectivity index (χ4n) is 3.09. The third-order valence-electron chi connectivity index (χ3n) is 4.78. The van der Waals surface area contributed by atoms with E-state index in [0.29, 0.717) is 18.9 Å². The number of unbranched alkanes of at least 4 members (excludes halogenated alkanes) is 4. The van der Waals surface area contributed by atoms with Gasteiger partial charge >= 0.3 is 5.69 Å². The molecule has 144 valence electrons. The van der Waals surface area contributed by atoms with Gasteiger partial charge in [0.2, 0.25) is 0 Å². The van der Waals surface area contributed by atoms with Gasteiger partial charge in [0.15, 0.2) is 5.82 Å². The maximum atomic E-state index is 12.7. The van der Waals surface area contributed by atoms with E-state index in [2.05, 4.69) is 57.1 Å². The standard InChI is InChI=1S/C21H33N3O2/c1-5-6-7-8-9-14-23-19(16-25)22-24(20(23)26)15-17-10-12-18(13-11-17)21(2,3)4/h10-13,25H,5-9,14-16H2,1-4H3. The molecule has 2 aromatic rings. The average Bonchev–Trinajstić information content (AvgIpc) is 2.90. The Balaban J connectivity index is 2.09. The first-order valence-corrected chi connectivity index (χ1v) is 9.73. The van der Waals surface area contributed by atoms with E-state index >= 15 is 0 Å². The summed E-state index contributed by atoms with van der Waals surface area (Å²) in [5, 5.41) is 13.9. The van der Waals surface area contributed by atoms with Crippen molar-refractivity contribution in [2.75, 3.05) is 0 Å². The monoisotopic (exact) mass is 359 g/mol. The van der Waals surface area contributed by atoms with Gasteiger partial charge in [-0.25, -0.2) is 9.48 Å². The summed E-state index contributed by atoms with van der Waals surface area (Å²) >= 11 is 0. The molecule has 0 bridgehead atoms. The second kappa shape index (κ2) is 9.17. The van der Waals surface area contributed by atoms with Gasteiger partial charge in [-0.05, 0) is 23.0 Å². The summed E-state index contributed by atoms with van der Waals surface area (Å²) in [4.78, 5) is 12.7. The van der Waals surface area contributed by atoms with Gasteiger partial charge in [0.05, 0.1) is 6.54 Å². The van der Waals surface area contributed by atoms with Crippen molar-refractivity contribution in [2.24, 2.45) is 0 Å². The largest absolute Gasteiger partial charge is 0.388 e. The molecule has 0 unspecified atom stereocenters. The SMILES string of the molecule is CCCCCCCn1c(CO)nn(Cc2ccc(C(C)(C)C)cc2)c1=O. The molecule has 26 heavy (non-hydrogen) atoms. The van der Waals surface area contributed by atoms with E-state index in [1.165, 1.54) is 29.5 Å². The number of hydrogen-bond donors (Lipinski definition) is 1. The Morgan fingerprint density at radius 1 is 1.04 bits per heavy atom. The lowest BCUT2D eigenvalue weighted by Crippen LogP contribution is -2.26. The van der Waals surface area contributed by atoms with E-state index in [-0.39, 0.29) is 17.7 Å². The summed E-state index contributed by atoms with van der Waals surface area (Å²) in [6.07, 6.45) is 5.66. The van der Waals surface area contributed by atoms with Crippen LogP contribution in [0, 0.1) is 0 Å². The van der Waals surface area contributed by atoms with Crippen LogP contribution in [0.2, 0.25) is 0 Å². The molecule has 1 aromatic heterocycles. The molecule has 0 spiro atoms. The summed E-state index contributed by atoms with van der Waals surface area (Å²) in [7, 11) is 0. The van der Waals surface area contributed by atoms with E-state index in [1.807, 2.05) is 0 Å². The number of hydrogen-bond acceptors (Lipinski definition) is 3. The Hall–Kier alpha value is -1.88. The minimum atomic E-state index is -0.208. The van der Waals surface area contributed by atoms with E-state index < -0.39 is 0 Å². The number of aliphatic hydroxyl groups excluding tert-OH is 1. The van der Waals surface area contributed by atoms with Crippen molar-refractivity contribution >= 4 is 0 Å². The van der Waals surface area contributed by atoms with Crippen LogP contribution in [0.5, 0.6) is 0 Å². The molecule has 0 aliphatic carbocycles. The maximum absolute atomic E-state index is 12.7. The van der Waals surface area contributed by atoms with Crippen LogP contribution in [-0.4, -0.2) is 19.5 Å². The smallest absolute Gasteiger partial charge is 0.346 e. The highest BCUT2D eigenvalue weighted by Gasteiger charge is 2.15. The molecule has 0 fully saturated rings. The Bertz CT molecular complexity index is 736. The van der Waals surface area contributed by atoms with Crippen molar-refractivity contribution < 1.29 is 5.11 Å². The number of aromatic nitrogens is 3. The molecule has 5 nitrogen and oxygen atoms in total. The van der Waals surface area contributed by atoms with Gasteiger partial charge in [-0.1, -0.05) is 77.6 Å². The van der Waals surface area contributed by atoms with Crippen molar-refractivity contribution in [3.05, 3.63) is 51.7 Å². The van der Waals surface area contributed by atoms with Crippen LogP contribution in [-0.2, 0) is 25.1 Å². The number of rotatable bonds is 9. The summed E-state index contributed by atoms with van der Waals surface area (Å²) in [6, 6.07) is 8.32. The molecule has 0 aliphatic heterocycles. The van der Waals surface area contributed by atoms with Crippen LogP contribution in [0.1, 0.15) is 76.8 Å². The molecular weight excluding hydrogens is 326 g/mol. The maximum Gasteiger partial charge on any atom is 0.346 e. The van der Waals surface area contributed by atoms with E-state index in [4.69, 9.17) is 0 Å². The lowest BCUT2D eigenvalue weighted by atomic mass is 9.87. The first-order valence-electron chi connectivity index (χ1n) is 9.73. The lowest BCUT2D eigenvalue weighted by Gasteiger charge is -2.19. The van der Waals surface area contributed by atoms with Gasteiger partial charge in [0, 0.05) is 6.54 Å². The Labute approximate surface area is 156 Å². The second-order valence-corrected chi connectivity index (χ2v) is 8.03. The molecule has 5 heteroatoms. The zero-order chi connectivity index (χ0) is 19.2. The predicted octanol–water partition coefficient (Wildman–Crippen LogP) is 3.85. The van der Waals surface area contributed by atoms with Gasteiger partial charge in [-0.3, -0.25) is 4.57 Å². The number of benzene rings is 1. The Morgan fingerprint density at radius 2 is 1.69 bits per heavy atom. The van der Waals surface area contributed by atoms with Crippen LogP contribution in [0.15, 0.2) is 29.1 Å². The fraction of sp³-hybridized carbons (Fsp3) is 0.619. The highest BCUT2D eigenvalue weighted by molar-refractivity contribution is 5.27. The summed E-state index contributed by atoms with van der Waals surface area (Å²) < 4.78 is 3.08. The first-order chi connectivity index (χ1) is 12.4. The highest BCUT2D eigenvalue weighted by Crippen LogP contribution is 2.22. The van der Waals surface area contributed by atoms with Gasteiger partial charge in [0.25, 0.3) is 0 Å². The molecular formula is C21H33N3O2. The fourth-order valence-corrected chi connectivity index (χ4v) is 3.09. The topological polar surface area (TPSA) is 60.0 Å². The minimum absolute atomic E-state index is 0.110. The van der Waals surface area contributed by atoms with E-state index in [1.54, 1.807) is 4.57 Å². The molecule has 1 heterocycles. The van der Waals surface area contributed by atoms with E-state index in [9.17, 15) is 9.90 Å². The molecule has 0 aliphatic rings. The summed E-state index contributed by atoms with van der Waals surface area (Å²) in [5.41, 5.74) is 2.28. The van der Waals surface area contributed by atoms with Gasteiger partial charge < -0.3 is 5.11 Å². The average molecular weight is 360 g/mol. The molecule has 1 aromatic carbocycles. The van der Waals surface area contributed by atoms with Crippen LogP contribution in [0.3, 0.4) is 0 Å². The Morgan fingerprint density at radius 3 is 2.27 bits per heavy atom. The lowest BCUT2D eigenvalue weighted by molar-refractivity contribution is 0.263. The van der Waals surface area contributed by atoms with Crippen LogP contribution >= 0.6 is 0 Å². The number of nitrogens with zero attached hydrogens (tertiary/aromatic N) is 3. The first kappa shape index (κ1) is 20.4. The minimum Gasteiger partial charge on any atom is -0.388 e. The zero-order valence-corrected chi connectivity index (χ0v) is 16.7. The summed E-state index contributed by atoms with van der Waals surface area (Å²) in [6.45, 7) is 9.58. The number of aliphatic hydroxyl groups is 1. The van der Waals surface area contributed by atoms with Gasteiger partial charge in [0.1, 0.15) is 6.61 Å². The molecule has 0 radical (unpaired) electrons. The molecule has 1 N–H and O–H groups in total. The van der Waals surface area contributed by atoms with Gasteiger partial charge in [-0.15, -0.1) is 0 Å². The highest BCUT2D eigenvalue weighted by atomic mass is 16.3. The normalized spacial score (nSPS) is 11.9. The third kappa shape index (κ3) is 5.31. The quantitative estimate of drug-likeness (QED) is 0.692. The predicted molar refractivity (Wildman–Crippen MR) is 105 cm³/mol. The van der Waals surface area contributed by atoms with Gasteiger partial charge in [-0.2, -0.15) is 5.10 Å². The molecule has 0 amide bonds. The van der Waals surface area contributed by atoms with Crippen molar-refractivity contribution in [1.82, 2.24) is 14.3 Å². The van der Waals surface area contributed by atoms with Crippen molar-refractivity contribution in [2.45, 2.75) is 84.9 Å². The molecule has 0 saturated carbocycles. The van der Waals surface area contributed by atoms with Crippen LogP contribution < -0.4 is 5.69 Å². The van der Waals surface area contributed by atoms with Crippen LogP contribution in [0.4, 0.5) is 0 Å². The van der Waals surface area contributed by atoms with Crippen molar-refractivity contribution in [3.63, 3.8) is 0 Å². The summed E-state index contributed by atoms with van der Waals surface area (Å²) in [5.74, 6) is 0.455. The molecule has 2 rings (SSSR count). The molecule has 0 saturated heterocycles. The molecule has 0 atom stereocenters. The van der Waals surface area contributed by atoms with Crippen molar-refractivity contribution in [1.29, 1.82) is 0 Å². The zero-order valence-electron chi connectivity index (χ0n) is 16.7. The van der Waals surface area contributed by atoms with Crippen LogP contribution in [0.25, 0.3) is 0 Å². The van der Waals surface area contributed by atoms with Crippen molar-refractivity contribution in [3.8, 4) is 0 Å². The van der Waals surface area contributed by atoms with E-state index in [0.717, 1.165) is 18.4 Å². The Kier molecular flexibility index (Phi) is 7.21.